The van der Waals surface area contributed by atoms with Crippen LogP contribution in [0.25, 0.3) is 16.2 Å². The number of aromatic nitrogens is 1. The van der Waals surface area contributed by atoms with Gasteiger partial charge in [0.05, 0.1) is 4.70 Å². The van der Waals surface area contributed by atoms with Gasteiger partial charge in [-0.05, 0) is 72.1 Å². The van der Waals surface area contributed by atoms with Crippen LogP contribution in [0, 0.1) is 11.8 Å². The molecule has 3 aliphatic rings. The Hall–Kier alpha value is -3.10. The summed E-state index contributed by atoms with van der Waals surface area (Å²) < 4.78 is 16.8. The SMILES string of the molecule is O=C(C=Cc1ccc2c(c1)OCO2)NC[C@H]1CCC[C@@H]1CN1CCN(c2nsc3ccccc23)CC1. The molecule has 188 valence electrons. The largest absolute Gasteiger partial charge is 0.454 e. The van der Waals surface area contributed by atoms with Gasteiger partial charge in [0.2, 0.25) is 12.7 Å². The van der Waals surface area contributed by atoms with Crippen molar-refractivity contribution in [1.29, 1.82) is 0 Å². The molecule has 2 fully saturated rings. The van der Waals surface area contributed by atoms with Crippen LogP contribution in [0.3, 0.4) is 0 Å². The van der Waals surface area contributed by atoms with Gasteiger partial charge in [-0.25, -0.2) is 0 Å². The second-order valence-corrected chi connectivity index (χ2v) is 10.7. The first-order chi connectivity index (χ1) is 17.7. The molecule has 0 radical (unpaired) electrons. The van der Waals surface area contributed by atoms with E-state index in [1.807, 2.05) is 24.3 Å². The maximum Gasteiger partial charge on any atom is 0.244 e. The Kier molecular flexibility index (Phi) is 6.79. The third-order valence-electron chi connectivity index (χ3n) is 7.70. The molecule has 2 atom stereocenters. The third kappa shape index (κ3) is 5.06. The van der Waals surface area contributed by atoms with Crippen molar-refractivity contribution in [3.05, 3.63) is 54.1 Å². The number of hydrogen-bond acceptors (Lipinski definition) is 7. The van der Waals surface area contributed by atoms with E-state index in [0.717, 1.165) is 62.1 Å². The quantitative estimate of drug-likeness (QED) is 0.482. The minimum absolute atomic E-state index is 0.0394. The summed E-state index contributed by atoms with van der Waals surface area (Å²) in [7, 11) is 0. The van der Waals surface area contributed by atoms with E-state index in [0.29, 0.717) is 11.8 Å². The van der Waals surface area contributed by atoms with Crippen LogP contribution in [0.1, 0.15) is 24.8 Å². The average molecular weight is 505 g/mol. The minimum atomic E-state index is -0.0394. The van der Waals surface area contributed by atoms with E-state index < -0.39 is 0 Å². The Morgan fingerprint density at radius 2 is 1.89 bits per heavy atom. The molecule has 7 nitrogen and oxygen atoms in total. The molecule has 3 heterocycles. The fourth-order valence-corrected chi connectivity index (χ4v) is 6.47. The van der Waals surface area contributed by atoms with E-state index in [-0.39, 0.29) is 12.7 Å². The van der Waals surface area contributed by atoms with E-state index in [9.17, 15) is 4.79 Å². The summed E-state index contributed by atoms with van der Waals surface area (Å²) in [5, 5.41) is 4.41. The van der Waals surface area contributed by atoms with Crippen LogP contribution in [-0.4, -0.2) is 61.2 Å². The summed E-state index contributed by atoms with van der Waals surface area (Å²) in [6, 6.07) is 14.2. The monoisotopic (exact) mass is 504 g/mol. The molecule has 3 aromatic rings. The first kappa shape index (κ1) is 23.3. The number of anilines is 1. The van der Waals surface area contributed by atoms with Crippen LogP contribution in [-0.2, 0) is 4.79 Å². The second-order valence-electron chi connectivity index (χ2n) is 9.93. The number of carbonyl (C=O) groups excluding carboxylic acids is 1. The zero-order valence-corrected chi connectivity index (χ0v) is 21.2. The highest BCUT2D eigenvalue weighted by Crippen LogP contribution is 2.34. The molecule has 1 N–H and O–H groups in total. The van der Waals surface area contributed by atoms with Gasteiger partial charge in [0, 0.05) is 50.7 Å². The van der Waals surface area contributed by atoms with Gasteiger partial charge in [0.25, 0.3) is 0 Å². The molecule has 8 heteroatoms. The van der Waals surface area contributed by atoms with E-state index in [4.69, 9.17) is 13.8 Å². The predicted molar refractivity (Wildman–Crippen MR) is 144 cm³/mol. The fraction of sp³-hybridized carbons (Fsp3) is 0.429. The molecule has 2 aromatic carbocycles. The van der Waals surface area contributed by atoms with Gasteiger partial charge in [-0.3, -0.25) is 9.69 Å². The highest BCUT2D eigenvalue weighted by molar-refractivity contribution is 7.13. The van der Waals surface area contributed by atoms with Crippen molar-refractivity contribution in [3.8, 4) is 11.5 Å². The van der Waals surface area contributed by atoms with Crippen LogP contribution in [0.4, 0.5) is 5.82 Å². The van der Waals surface area contributed by atoms with Crippen LogP contribution in [0.5, 0.6) is 11.5 Å². The topological polar surface area (TPSA) is 66.9 Å². The summed E-state index contributed by atoms with van der Waals surface area (Å²) >= 11 is 1.59. The number of nitrogens with one attached hydrogen (secondary N) is 1. The van der Waals surface area contributed by atoms with Gasteiger partial charge >= 0.3 is 0 Å². The lowest BCUT2D eigenvalue weighted by atomic mass is 9.95. The zero-order valence-electron chi connectivity index (χ0n) is 20.4. The Morgan fingerprint density at radius 1 is 1.06 bits per heavy atom. The normalized spacial score (nSPS) is 22.1. The number of piperazine rings is 1. The number of benzene rings is 2. The molecular weight excluding hydrogens is 472 g/mol. The first-order valence-electron chi connectivity index (χ1n) is 12.9. The van der Waals surface area contributed by atoms with Crippen LogP contribution in [0.15, 0.2) is 48.5 Å². The number of fused-ring (bicyclic) bond motifs is 2. The lowest BCUT2D eigenvalue weighted by Gasteiger charge is -2.37. The van der Waals surface area contributed by atoms with Crippen molar-refractivity contribution >= 4 is 39.4 Å². The van der Waals surface area contributed by atoms with Gasteiger partial charge in [0.1, 0.15) is 5.82 Å². The maximum absolute atomic E-state index is 12.5. The van der Waals surface area contributed by atoms with Crippen LogP contribution in [0.2, 0.25) is 0 Å². The highest BCUT2D eigenvalue weighted by Gasteiger charge is 2.30. The van der Waals surface area contributed by atoms with Gasteiger partial charge < -0.3 is 19.7 Å². The van der Waals surface area contributed by atoms with Crippen molar-refractivity contribution in [1.82, 2.24) is 14.6 Å². The molecule has 6 rings (SSSR count). The molecule has 1 aromatic heterocycles. The fourth-order valence-electron chi connectivity index (χ4n) is 5.68. The number of hydrogen-bond donors (Lipinski definition) is 1. The second kappa shape index (κ2) is 10.5. The summed E-state index contributed by atoms with van der Waals surface area (Å²) in [5.41, 5.74) is 0.929. The van der Waals surface area contributed by atoms with Crippen molar-refractivity contribution in [2.75, 3.05) is 51.0 Å². The number of nitrogens with zero attached hydrogens (tertiary/aromatic N) is 3. The number of rotatable bonds is 7. The standard InChI is InChI=1S/C28H32N4O3S/c33-27(11-9-20-8-10-24-25(16-20)35-19-34-24)29-17-21-4-3-5-22(21)18-31-12-14-32(15-13-31)28-23-6-1-2-7-26(23)36-30-28/h1-2,6-11,16,21-22H,3-5,12-15,17-19H2,(H,29,33)/t21-,22-/m1/s1. The highest BCUT2D eigenvalue weighted by atomic mass is 32.1. The molecule has 36 heavy (non-hydrogen) atoms. The van der Waals surface area contributed by atoms with Gasteiger partial charge in [-0.2, -0.15) is 4.37 Å². The number of carbonyl (C=O) groups is 1. The summed E-state index contributed by atoms with van der Waals surface area (Å²) in [6.45, 7) is 6.31. The first-order valence-corrected chi connectivity index (χ1v) is 13.7. The average Bonchev–Trinajstić information content (AvgIpc) is 3.66. The van der Waals surface area contributed by atoms with Crippen molar-refractivity contribution in [2.24, 2.45) is 11.8 Å². The Balaban J connectivity index is 0.971. The minimum Gasteiger partial charge on any atom is -0.454 e. The molecule has 1 aliphatic carbocycles. The Bertz CT molecular complexity index is 1250. The summed E-state index contributed by atoms with van der Waals surface area (Å²) in [6.07, 6.45) is 7.15. The van der Waals surface area contributed by atoms with E-state index in [1.165, 1.54) is 29.3 Å². The van der Waals surface area contributed by atoms with Gasteiger partial charge in [-0.1, -0.05) is 24.6 Å². The van der Waals surface area contributed by atoms with Gasteiger partial charge in [-0.15, -0.1) is 0 Å². The van der Waals surface area contributed by atoms with Gasteiger partial charge in [0.15, 0.2) is 11.5 Å². The molecule has 0 spiro atoms. The lowest BCUT2D eigenvalue weighted by Crippen LogP contribution is -2.48. The van der Waals surface area contributed by atoms with Crippen LogP contribution < -0.4 is 19.7 Å². The third-order valence-corrected chi connectivity index (χ3v) is 8.52. The Labute approximate surface area is 215 Å². The molecule has 1 saturated carbocycles. The molecule has 2 aliphatic heterocycles. The molecule has 0 unspecified atom stereocenters. The number of amides is 1. The zero-order chi connectivity index (χ0) is 24.3. The van der Waals surface area contributed by atoms with Crippen molar-refractivity contribution < 1.29 is 14.3 Å². The maximum atomic E-state index is 12.5. The van der Waals surface area contributed by atoms with E-state index in [1.54, 1.807) is 17.6 Å². The van der Waals surface area contributed by atoms with E-state index in [2.05, 4.69) is 39.4 Å². The summed E-state index contributed by atoms with van der Waals surface area (Å²) in [4.78, 5) is 17.5. The van der Waals surface area contributed by atoms with Crippen molar-refractivity contribution in [3.63, 3.8) is 0 Å². The molecule has 0 bridgehead atoms. The number of ether oxygens (including phenoxy) is 2. The Morgan fingerprint density at radius 3 is 2.81 bits per heavy atom. The van der Waals surface area contributed by atoms with Crippen molar-refractivity contribution in [2.45, 2.75) is 19.3 Å². The van der Waals surface area contributed by atoms with Crippen LogP contribution >= 0.6 is 11.5 Å². The van der Waals surface area contributed by atoms with E-state index >= 15 is 0 Å². The smallest absolute Gasteiger partial charge is 0.244 e. The summed E-state index contributed by atoms with van der Waals surface area (Å²) in [5.74, 6) is 3.78. The lowest BCUT2D eigenvalue weighted by molar-refractivity contribution is -0.116. The molecular formula is C28H32N4O3S. The molecule has 1 saturated heterocycles. The predicted octanol–water partition coefficient (Wildman–Crippen LogP) is 4.39. The molecule has 1 amide bonds.